The molecule has 0 spiro atoms. The fourth-order valence-corrected chi connectivity index (χ4v) is 3.75. The molecule has 0 saturated carbocycles. The number of aromatic nitrogens is 3. The zero-order valence-corrected chi connectivity index (χ0v) is 15.7. The van der Waals surface area contributed by atoms with Crippen molar-refractivity contribution in [3.63, 3.8) is 0 Å². The monoisotopic (exact) mass is 416 g/mol. The van der Waals surface area contributed by atoms with Crippen molar-refractivity contribution in [2.24, 2.45) is 11.5 Å². The number of hydrogen-bond donors (Lipinski definition) is 5. The smallest absolute Gasteiger partial charge is 0.389 e. The largest absolute Gasteiger partial charge is 0.472 e. The Morgan fingerprint density at radius 3 is 2.79 bits per heavy atom. The van der Waals surface area contributed by atoms with Gasteiger partial charge in [0, 0.05) is 6.20 Å². The predicted octanol–water partition coefficient (Wildman–Crippen LogP) is -1.15. The van der Waals surface area contributed by atoms with Crippen molar-refractivity contribution < 1.29 is 33.1 Å². The number of primary amides is 1. The molecule has 28 heavy (non-hydrogen) atoms. The van der Waals surface area contributed by atoms with Crippen molar-refractivity contribution in [2.45, 2.75) is 31.4 Å². The maximum Gasteiger partial charge on any atom is 0.472 e. The molecule has 3 rings (SSSR count). The molecule has 1 aliphatic rings. The molecule has 2 aromatic heterocycles. The maximum absolute atomic E-state index is 11.8. The van der Waals surface area contributed by atoms with Gasteiger partial charge in [-0.1, -0.05) is 0 Å². The van der Waals surface area contributed by atoms with Gasteiger partial charge in [-0.3, -0.25) is 13.8 Å². The summed E-state index contributed by atoms with van der Waals surface area (Å²) in [6.07, 6.45) is -0.690. The second kappa shape index (κ2) is 7.72. The molecule has 0 aromatic carbocycles. The molecule has 0 aliphatic carbocycles. The van der Waals surface area contributed by atoms with Gasteiger partial charge in [0.25, 0.3) is 5.91 Å². The number of rotatable bonds is 7. The van der Waals surface area contributed by atoms with Crippen molar-refractivity contribution in [1.29, 1.82) is 0 Å². The molecule has 2 aromatic rings. The number of anilines is 1. The number of carbonyl (C=O) groups is 1. The Bertz CT molecular complexity index is 936. The van der Waals surface area contributed by atoms with Gasteiger partial charge in [-0.2, -0.15) is 0 Å². The normalized spacial score (nSPS) is 27.1. The first-order valence-electron chi connectivity index (χ1n) is 8.28. The standard InChI is InChI=1S/C14H21N6O7P/c1-2-25-28(23,24)26-4-7-10(21)9(15)14(27-7)20-3-6(12(17)22)8-11(16)18-5-19-13(8)20/h3,5,7,9-10,14,21H,2,4,15H2,1H3,(H2,17,22)(H,23,24)(H2,16,18,19). The van der Waals surface area contributed by atoms with Crippen LogP contribution in [0.25, 0.3) is 11.0 Å². The van der Waals surface area contributed by atoms with Crippen LogP contribution in [-0.4, -0.2) is 61.9 Å². The highest BCUT2D eigenvalue weighted by atomic mass is 31.2. The van der Waals surface area contributed by atoms with Gasteiger partial charge >= 0.3 is 7.82 Å². The molecule has 0 radical (unpaired) electrons. The number of ether oxygens (including phenoxy) is 1. The fourth-order valence-electron chi connectivity index (χ4n) is 3.01. The lowest BCUT2D eigenvalue weighted by molar-refractivity contribution is -0.0440. The van der Waals surface area contributed by atoms with E-state index in [1.54, 1.807) is 0 Å². The van der Waals surface area contributed by atoms with Gasteiger partial charge in [0.15, 0.2) is 6.23 Å². The van der Waals surface area contributed by atoms with Crippen molar-refractivity contribution in [3.8, 4) is 0 Å². The average Bonchev–Trinajstić information content (AvgIpc) is 3.14. The van der Waals surface area contributed by atoms with Crippen LogP contribution in [0.4, 0.5) is 5.82 Å². The van der Waals surface area contributed by atoms with Crippen LogP contribution in [0.15, 0.2) is 12.5 Å². The molecule has 154 valence electrons. The Labute approximate surface area is 159 Å². The molecule has 1 aliphatic heterocycles. The van der Waals surface area contributed by atoms with E-state index in [0.717, 1.165) is 0 Å². The van der Waals surface area contributed by atoms with E-state index in [2.05, 4.69) is 14.5 Å². The third kappa shape index (κ3) is 3.73. The van der Waals surface area contributed by atoms with Gasteiger partial charge in [0.05, 0.1) is 30.2 Å². The van der Waals surface area contributed by atoms with E-state index >= 15 is 0 Å². The van der Waals surface area contributed by atoms with Gasteiger partial charge in [-0.25, -0.2) is 14.5 Å². The molecule has 14 heteroatoms. The van der Waals surface area contributed by atoms with Crippen molar-refractivity contribution in [3.05, 3.63) is 18.1 Å². The number of aliphatic hydroxyl groups is 1. The predicted molar refractivity (Wildman–Crippen MR) is 95.8 cm³/mol. The van der Waals surface area contributed by atoms with Crippen LogP contribution < -0.4 is 17.2 Å². The fraction of sp³-hybridized carbons (Fsp3) is 0.500. The van der Waals surface area contributed by atoms with Crippen LogP contribution >= 0.6 is 7.82 Å². The van der Waals surface area contributed by atoms with Crippen LogP contribution in [0.3, 0.4) is 0 Å². The summed E-state index contributed by atoms with van der Waals surface area (Å²) in [7, 11) is -4.27. The molecule has 1 fully saturated rings. The minimum absolute atomic E-state index is 0.0314. The van der Waals surface area contributed by atoms with Crippen molar-refractivity contribution >= 4 is 30.6 Å². The summed E-state index contributed by atoms with van der Waals surface area (Å²) in [5.74, 6) is -0.710. The quantitative estimate of drug-likeness (QED) is 0.340. The zero-order chi connectivity index (χ0) is 20.6. The molecule has 3 heterocycles. The van der Waals surface area contributed by atoms with Gasteiger partial charge in [0.2, 0.25) is 0 Å². The summed E-state index contributed by atoms with van der Waals surface area (Å²) >= 11 is 0. The SMILES string of the molecule is CCOP(=O)(O)OCC1OC(n2cc(C(N)=O)c3c(N)ncnc32)C(N)C1O. The second-order valence-electron chi connectivity index (χ2n) is 6.09. The van der Waals surface area contributed by atoms with Crippen LogP contribution in [0.2, 0.25) is 0 Å². The molecule has 0 bridgehead atoms. The molecular formula is C14H21N6O7P. The second-order valence-corrected chi connectivity index (χ2v) is 7.54. The molecular weight excluding hydrogens is 395 g/mol. The lowest BCUT2D eigenvalue weighted by atomic mass is 10.1. The lowest BCUT2D eigenvalue weighted by Crippen LogP contribution is -2.40. The first-order chi connectivity index (χ1) is 13.2. The van der Waals surface area contributed by atoms with Gasteiger partial charge in [-0.05, 0) is 6.92 Å². The summed E-state index contributed by atoms with van der Waals surface area (Å²) in [5, 5.41) is 10.6. The molecule has 13 nitrogen and oxygen atoms in total. The Morgan fingerprint density at radius 2 is 2.14 bits per heavy atom. The van der Waals surface area contributed by atoms with Crippen molar-refractivity contribution in [1.82, 2.24) is 14.5 Å². The number of hydrogen-bond acceptors (Lipinski definition) is 10. The van der Waals surface area contributed by atoms with E-state index in [-0.39, 0.29) is 29.0 Å². The van der Waals surface area contributed by atoms with Gasteiger partial charge in [0.1, 0.15) is 30.0 Å². The number of fused-ring (bicyclic) bond motifs is 1. The minimum atomic E-state index is -4.27. The Hall–Kier alpha value is -2.12. The molecule has 8 N–H and O–H groups in total. The highest BCUT2D eigenvalue weighted by Gasteiger charge is 2.44. The summed E-state index contributed by atoms with van der Waals surface area (Å²) in [6, 6.07) is -0.966. The minimum Gasteiger partial charge on any atom is -0.389 e. The highest BCUT2D eigenvalue weighted by molar-refractivity contribution is 7.47. The van der Waals surface area contributed by atoms with E-state index in [9.17, 15) is 19.4 Å². The van der Waals surface area contributed by atoms with E-state index in [4.69, 9.17) is 26.5 Å². The average molecular weight is 416 g/mol. The van der Waals surface area contributed by atoms with E-state index < -0.39 is 44.8 Å². The summed E-state index contributed by atoms with van der Waals surface area (Å²) in [5.41, 5.74) is 17.6. The zero-order valence-electron chi connectivity index (χ0n) is 14.8. The van der Waals surface area contributed by atoms with Gasteiger partial charge in [-0.15, -0.1) is 0 Å². The summed E-state index contributed by atoms with van der Waals surface area (Å²) in [4.78, 5) is 29.2. The van der Waals surface area contributed by atoms with E-state index in [0.29, 0.717) is 0 Å². The lowest BCUT2D eigenvalue weighted by Gasteiger charge is -2.18. The molecule has 1 saturated heterocycles. The van der Waals surface area contributed by atoms with Crippen LogP contribution in [-0.2, 0) is 18.3 Å². The summed E-state index contributed by atoms with van der Waals surface area (Å²) in [6.45, 7) is 1.05. The van der Waals surface area contributed by atoms with Crippen LogP contribution in [0, 0.1) is 0 Å². The number of phosphoric ester groups is 1. The van der Waals surface area contributed by atoms with Crippen molar-refractivity contribution in [2.75, 3.05) is 18.9 Å². The molecule has 1 amide bonds. The molecule has 5 unspecified atom stereocenters. The van der Waals surface area contributed by atoms with Gasteiger partial charge < -0.3 is 36.5 Å². The number of aliphatic hydroxyl groups excluding tert-OH is 1. The Kier molecular flexibility index (Phi) is 5.68. The molecule has 5 atom stereocenters. The van der Waals surface area contributed by atoms with Crippen LogP contribution in [0.1, 0.15) is 23.5 Å². The first-order valence-corrected chi connectivity index (χ1v) is 9.77. The summed E-state index contributed by atoms with van der Waals surface area (Å²) < 4.78 is 28.2. The topological polar surface area (TPSA) is 211 Å². The number of nitrogen functional groups attached to an aromatic ring is 1. The first kappa shape index (κ1) is 20.6. The Balaban J connectivity index is 1.90. The van der Waals surface area contributed by atoms with E-state index in [1.807, 2.05) is 0 Å². The third-order valence-electron chi connectivity index (χ3n) is 4.29. The Morgan fingerprint density at radius 1 is 1.43 bits per heavy atom. The van der Waals surface area contributed by atoms with Crippen LogP contribution in [0.5, 0.6) is 0 Å². The number of phosphoric acid groups is 1. The number of carbonyl (C=O) groups excluding carboxylic acids is 1. The van der Waals surface area contributed by atoms with E-state index in [1.165, 1.54) is 24.0 Å². The number of nitrogens with two attached hydrogens (primary N) is 3. The highest BCUT2D eigenvalue weighted by Crippen LogP contribution is 2.44. The number of nitrogens with zero attached hydrogens (tertiary/aromatic N) is 3. The third-order valence-corrected chi connectivity index (χ3v) is 5.35. The number of amides is 1. The maximum atomic E-state index is 11.8.